The Hall–Kier alpha value is -6.28. The quantitative estimate of drug-likeness (QED) is 0.140. The summed E-state index contributed by atoms with van der Waals surface area (Å²) in [4.78, 5) is 48.0. The van der Waals surface area contributed by atoms with E-state index >= 15 is 0 Å². The van der Waals surface area contributed by atoms with E-state index in [1.54, 1.807) is 34.4 Å². The van der Waals surface area contributed by atoms with Gasteiger partial charge in [0, 0.05) is 43.5 Å². The van der Waals surface area contributed by atoms with Gasteiger partial charge in [0.15, 0.2) is 11.5 Å². The highest BCUT2D eigenvalue weighted by molar-refractivity contribution is 9.10. The van der Waals surface area contributed by atoms with E-state index in [4.69, 9.17) is 14.2 Å². The van der Waals surface area contributed by atoms with Gasteiger partial charge in [-0.15, -0.1) is 0 Å². The van der Waals surface area contributed by atoms with Crippen molar-refractivity contribution in [3.63, 3.8) is 0 Å². The van der Waals surface area contributed by atoms with Gasteiger partial charge in [0.2, 0.25) is 11.8 Å². The fraction of sp³-hybridized carbons (Fsp3) is 0.179. The minimum Gasteiger partial charge on any atom is -0.497 e. The monoisotopic (exact) mass is 780 g/mol. The highest BCUT2D eigenvalue weighted by atomic mass is 79.9. The summed E-state index contributed by atoms with van der Waals surface area (Å²) in [6.07, 6.45) is 0.314. The number of benzene rings is 4. The number of para-hydroxylation sites is 1. The van der Waals surface area contributed by atoms with E-state index < -0.39 is 11.9 Å². The van der Waals surface area contributed by atoms with Crippen LogP contribution < -0.4 is 24.8 Å². The van der Waals surface area contributed by atoms with Crippen LogP contribution in [0.1, 0.15) is 11.1 Å². The Morgan fingerprint density at radius 1 is 0.679 bits per heavy atom. The number of nitrogens with one attached hydrogen (secondary N) is 2. The molecule has 270 valence electrons. The second kappa shape index (κ2) is 14.0. The summed E-state index contributed by atoms with van der Waals surface area (Å²) < 4.78 is 20.4. The molecule has 2 aromatic heterocycles. The number of amides is 2. The van der Waals surface area contributed by atoms with Gasteiger partial charge in [-0.1, -0.05) is 34.1 Å². The van der Waals surface area contributed by atoms with Crippen LogP contribution in [-0.2, 0) is 45.1 Å². The molecule has 0 radical (unpaired) electrons. The van der Waals surface area contributed by atoms with Crippen molar-refractivity contribution in [3.8, 4) is 39.8 Å². The number of carboxylic acid groups (broad SMARTS) is 2. The van der Waals surface area contributed by atoms with Crippen LogP contribution in [0, 0.1) is 0 Å². The fourth-order valence-electron chi connectivity index (χ4n) is 7.19. The summed E-state index contributed by atoms with van der Waals surface area (Å²) in [5.74, 6) is -0.555. The lowest BCUT2D eigenvalue weighted by atomic mass is 10.0. The summed E-state index contributed by atoms with van der Waals surface area (Å²) in [5, 5.41) is 26.4. The van der Waals surface area contributed by atoms with Crippen LogP contribution in [0.25, 0.3) is 44.3 Å². The molecule has 13 nitrogen and oxygen atoms in total. The number of ether oxygens (including phenoxy) is 3. The minimum atomic E-state index is -0.965. The molecular formula is C39H33BrN4O9. The van der Waals surface area contributed by atoms with E-state index in [2.05, 4.69) is 26.6 Å². The number of carboxylic acids is 2. The molecule has 14 heteroatoms. The van der Waals surface area contributed by atoms with Gasteiger partial charge in [-0.3, -0.25) is 19.2 Å². The Morgan fingerprint density at radius 2 is 1.23 bits per heavy atom. The molecule has 2 amide bonds. The zero-order valence-electron chi connectivity index (χ0n) is 28.8. The number of rotatable bonds is 7. The standard InChI is InChI=1S/C20H17BrN2O5.C19H16N2O4/c1-27-16-6-13-14(8-17(16)28-2)22-18(24)7-12-11-5-10(21)3-4-15(11)23(20(12)13)9-19(25)26;1-25-11-6-7-16-13(8-11)14-9-17(22)20-15-5-3-2-4-12(15)19(14)21(16)10-18(23)24/h3-6,8H,7,9H2,1-2H3,(H,22,24)(H,25,26);2-8H,9-10H2,1H3,(H,20,22)(H,23,24). The zero-order valence-corrected chi connectivity index (χ0v) is 30.4. The zero-order chi connectivity index (χ0) is 37.6. The number of hydrogen-bond acceptors (Lipinski definition) is 7. The third kappa shape index (κ3) is 6.41. The molecule has 0 saturated heterocycles. The van der Waals surface area contributed by atoms with Crippen LogP contribution in [0.4, 0.5) is 11.4 Å². The van der Waals surface area contributed by atoms with E-state index in [9.17, 15) is 29.4 Å². The van der Waals surface area contributed by atoms with E-state index in [1.807, 2.05) is 54.6 Å². The topological polar surface area (TPSA) is 170 Å². The minimum absolute atomic E-state index is 0.122. The maximum Gasteiger partial charge on any atom is 0.323 e. The number of hydrogen-bond donors (Lipinski definition) is 4. The molecule has 0 fully saturated rings. The van der Waals surface area contributed by atoms with Gasteiger partial charge in [-0.25, -0.2) is 0 Å². The number of methoxy groups -OCH3 is 3. The number of aromatic nitrogens is 2. The SMILES string of the molecule is COc1cc2c(cc1OC)-c1c(c3cc(Br)ccc3n1CC(=O)O)CC(=O)N2.COc1ccc2c(c1)c1c(n2CC(=O)O)-c2ccccc2NC(=O)C1. The molecule has 0 unspecified atom stereocenters. The lowest BCUT2D eigenvalue weighted by Crippen LogP contribution is -2.12. The number of carbonyl (C=O) groups is 4. The molecule has 0 aliphatic carbocycles. The molecule has 8 rings (SSSR count). The van der Waals surface area contributed by atoms with Gasteiger partial charge in [0.05, 0.1) is 56.9 Å². The first-order chi connectivity index (χ1) is 25.5. The molecule has 53 heavy (non-hydrogen) atoms. The van der Waals surface area contributed by atoms with Crippen molar-refractivity contribution in [2.24, 2.45) is 0 Å². The van der Waals surface area contributed by atoms with Gasteiger partial charge >= 0.3 is 11.9 Å². The first kappa shape index (κ1) is 35.1. The highest BCUT2D eigenvalue weighted by Crippen LogP contribution is 2.45. The number of anilines is 2. The Balaban J connectivity index is 0.000000165. The molecule has 0 spiro atoms. The molecule has 6 aromatic rings. The highest BCUT2D eigenvalue weighted by Gasteiger charge is 2.29. The van der Waals surface area contributed by atoms with E-state index in [0.29, 0.717) is 39.9 Å². The van der Waals surface area contributed by atoms with Crippen molar-refractivity contribution in [1.29, 1.82) is 0 Å². The second-order valence-electron chi connectivity index (χ2n) is 12.4. The average molecular weight is 782 g/mol. The summed E-state index contributed by atoms with van der Waals surface area (Å²) in [6.45, 7) is -0.407. The maximum atomic E-state index is 12.6. The predicted molar refractivity (Wildman–Crippen MR) is 202 cm³/mol. The largest absolute Gasteiger partial charge is 0.497 e. The first-order valence-corrected chi connectivity index (χ1v) is 17.2. The summed E-state index contributed by atoms with van der Waals surface area (Å²) in [5.41, 5.74) is 7.32. The number of carbonyl (C=O) groups excluding carboxylic acids is 2. The van der Waals surface area contributed by atoms with E-state index in [1.165, 1.54) is 14.2 Å². The van der Waals surface area contributed by atoms with E-state index in [0.717, 1.165) is 48.7 Å². The Bertz CT molecular complexity index is 2500. The predicted octanol–water partition coefficient (Wildman–Crippen LogP) is 6.56. The second-order valence-corrected chi connectivity index (χ2v) is 13.3. The van der Waals surface area contributed by atoms with Crippen LogP contribution in [0.15, 0.2) is 77.3 Å². The molecule has 2 aliphatic heterocycles. The average Bonchev–Trinajstić information content (AvgIpc) is 3.43. The van der Waals surface area contributed by atoms with Crippen molar-refractivity contribution >= 4 is 72.9 Å². The third-order valence-corrected chi connectivity index (χ3v) is 9.77. The van der Waals surface area contributed by atoms with Crippen LogP contribution in [0.5, 0.6) is 17.2 Å². The molecular weight excluding hydrogens is 748 g/mol. The summed E-state index contributed by atoms with van der Waals surface area (Å²) >= 11 is 3.47. The maximum absolute atomic E-state index is 12.6. The fourth-order valence-corrected chi connectivity index (χ4v) is 7.55. The number of aliphatic carboxylic acids is 2. The van der Waals surface area contributed by atoms with Crippen molar-refractivity contribution < 1.29 is 43.6 Å². The van der Waals surface area contributed by atoms with Crippen LogP contribution in [0.2, 0.25) is 0 Å². The smallest absolute Gasteiger partial charge is 0.323 e. The number of fused-ring (bicyclic) bond motifs is 10. The van der Waals surface area contributed by atoms with Gasteiger partial charge in [0.1, 0.15) is 18.8 Å². The van der Waals surface area contributed by atoms with Gasteiger partial charge < -0.3 is 44.2 Å². The van der Waals surface area contributed by atoms with Crippen LogP contribution in [-0.4, -0.2) is 64.4 Å². The Morgan fingerprint density at radius 3 is 1.83 bits per heavy atom. The molecule has 0 saturated carbocycles. The van der Waals surface area contributed by atoms with E-state index in [-0.39, 0.29) is 37.7 Å². The lowest BCUT2D eigenvalue weighted by molar-refractivity contribution is -0.138. The van der Waals surface area contributed by atoms with Crippen molar-refractivity contribution in [2.75, 3.05) is 32.0 Å². The summed E-state index contributed by atoms with van der Waals surface area (Å²) in [7, 11) is 4.63. The van der Waals surface area contributed by atoms with Gasteiger partial charge in [0.25, 0.3) is 0 Å². The molecule has 2 aliphatic rings. The molecule has 4 aromatic carbocycles. The van der Waals surface area contributed by atoms with Crippen molar-refractivity contribution in [1.82, 2.24) is 9.13 Å². The van der Waals surface area contributed by atoms with Crippen molar-refractivity contribution in [3.05, 3.63) is 88.4 Å². The summed E-state index contributed by atoms with van der Waals surface area (Å²) in [6, 6.07) is 22.0. The molecule has 4 N–H and O–H groups in total. The Kier molecular flexibility index (Phi) is 9.30. The number of nitrogens with zero attached hydrogens (tertiary/aromatic N) is 2. The van der Waals surface area contributed by atoms with Crippen LogP contribution in [0.3, 0.4) is 0 Å². The molecule has 0 bridgehead atoms. The lowest BCUT2D eigenvalue weighted by Gasteiger charge is -2.16. The van der Waals surface area contributed by atoms with Crippen LogP contribution >= 0.6 is 15.9 Å². The van der Waals surface area contributed by atoms with Gasteiger partial charge in [-0.2, -0.15) is 0 Å². The molecule has 4 heterocycles. The van der Waals surface area contributed by atoms with Crippen molar-refractivity contribution in [2.45, 2.75) is 25.9 Å². The molecule has 0 atom stereocenters. The normalized spacial score (nSPS) is 12.8. The third-order valence-electron chi connectivity index (χ3n) is 9.28. The Labute approximate surface area is 310 Å². The first-order valence-electron chi connectivity index (χ1n) is 16.4. The number of halogens is 1. The van der Waals surface area contributed by atoms with Gasteiger partial charge in [-0.05, 0) is 59.7 Å².